The van der Waals surface area contributed by atoms with Crippen molar-refractivity contribution in [3.05, 3.63) is 29.7 Å². The van der Waals surface area contributed by atoms with Gasteiger partial charge in [-0.1, -0.05) is 0 Å². The number of imidazole rings is 1. The number of rotatable bonds is 2. The number of aromatic nitrogens is 2. The number of nitriles is 1. The number of nitrogens with zero attached hydrogens (tertiary/aromatic N) is 2. The van der Waals surface area contributed by atoms with E-state index in [0.717, 1.165) is 28.5 Å². The molecule has 2 heterocycles. The molecule has 1 aliphatic rings. The maximum atomic E-state index is 8.70. The molecule has 0 radical (unpaired) electrons. The standard InChI is InChI=1S/C14H13N3O2/c1-9-14(17-13(16-9)4-5-15)10-2-3-11-12(8-10)19-7-6-18-11/h2-3,8H,4,6-7H2,1H3,(H,16,17). The molecule has 1 aliphatic heterocycles. The highest BCUT2D eigenvalue weighted by Gasteiger charge is 2.15. The van der Waals surface area contributed by atoms with Gasteiger partial charge in [0.25, 0.3) is 0 Å². The molecule has 0 spiro atoms. The number of hydrogen-bond donors (Lipinski definition) is 1. The van der Waals surface area contributed by atoms with Crippen LogP contribution in [-0.4, -0.2) is 23.2 Å². The Bertz CT molecular complexity index is 655. The number of aromatic amines is 1. The second kappa shape index (κ2) is 4.65. The Morgan fingerprint density at radius 1 is 1.32 bits per heavy atom. The van der Waals surface area contributed by atoms with Gasteiger partial charge in [0.1, 0.15) is 19.0 Å². The van der Waals surface area contributed by atoms with Crippen LogP contribution in [-0.2, 0) is 6.42 Å². The summed E-state index contributed by atoms with van der Waals surface area (Å²) in [7, 11) is 0. The fourth-order valence-electron chi connectivity index (χ4n) is 2.15. The van der Waals surface area contributed by atoms with Crippen LogP contribution in [0.3, 0.4) is 0 Å². The number of hydrogen-bond acceptors (Lipinski definition) is 4. The molecule has 96 valence electrons. The smallest absolute Gasteiger partial charge is 0.162 e. The Kier molecular flexibility index (Phi) is 2.84. The molecule has 0 bridgehead atoms. The minimum Gasteiger partial charge on any atom is -0.486 e. The minimum absolute atomic E-state index is 0.283. The van der Waals surface area contributed by atoms with Gasteiger partial charge in [-0.25, -0.2) is 4.98 Å². The molecular weight excluding hydrogens is 242 g/mol. The van der Waals surface area contributed by atoms with E-state index in [9.17, 15) is 0 Å². The number of nitrogens with one attached hydrogen (secondary N) is 1. The van der Waals surface area contributed by atoms with Crippen LogP contribution < -0.4 is 9.47 Å². The van der Waals surface area contributed by atoms with Crippen LogP contribution in [0.1, 0.15) is 11.5 Å². The first kappa shape index (κ1) is 11.6. The van der Waals surface area contributed by atoms with Crippen molar-refractivity contribution in [2.45, 2.75) is 13.3 Å². The number of aryl methyl sites for hydroxylation is 1. The first-order chi connectivity index (χ1) is 9.28. The van der Waals surface area contributed by atoms with Crippen molar-refractivity contribution in [2.24, 2.45) is 0 Å². The van der Waals surface area contributed by atoms with E-state index in [4.69, 9.17) is 14.7 Å². The second-order valence-electron chi connectivity index (χ2n) is 4.35. The van der Waals surface area contributed by atoms with Crippen LogP contribution in [0.25, 0.3) is 11.3 Å². The third kappa shape index (κ3) is 2.13. The summed E-state index contributed by atoms with van der Waals surface area (Å²) in [6.45, 7) is 3.09. The van der Waals surface area contributed by atoms with Gasteiger partial charge in [-0.05, 0) is 25.1 Å². The molecule has 0 unspecified atom stereocenters. The predicted octanol–water partition coefficient (Wildman–Crippen LogP) is 2.22. The van der Waals surface area contributed by atoms with Crippen molar-refractivity contribution in [1.29, 1.82) is 5.26 Å². The Morgan fingerprint density at radius 3 is 2.89 bits per heavy atom. The molecule has 0 fully saturated rings. The summed E-state index contributed by atoms with van der Waals surface area (Å²) in [5.41, 5.74) is 2.76. The summed E-state index contributed by atoms with van der Waals surface area (Å²) in [4.78, 5) is 7.56. The summed E-state index contributed by atoms with van der Waals surface area (Å²) in [5, 5.41) is 8.70. The number of benzene rings is 1. The molecule has 2 aromatic rings. The van der Waals surface area contributed by atoms with Crippen molar-refractivity contribution in [1.82, 2.24) is 9.97 Å². The molecule has 0 saturated carbocycles. The summed E-state index contributed by atoms with van der Waals surface area (Å²) in [5.74, 6) is 2.19. The van der Waals surface area contributed by atoms with E-state index in [1.165, 1.54) is 0 Å². The van der Waals surface area contributed by atoms with Gasteiger partial charge in [-0.3, -0.25) is 0 Å². The quantitative estimate of drug-likeness (QED) is 0.893. The number of fused-ring (bicyclic) bond motifs is 1. The second-order valence-corrected chi connectivity index (χ2v) is 4.35. The van der Waals surface area contributed by atoms with Gasteiger partial charge >= 0.3 is 0 Å². The summed E-state index contributed by atoms with van der Waals surface area (Å²) in [6, 6.07) is 7.85. The highest BCUT2D eigenvalue weighted by atomic mass is 16.6. The normalized spacial score (nSPS) is 13.1. The molecule has 5 nitrogen and oxygen atoms in total. The Labute approximate surface area is 110 Å². The topological polar surface area (TPSA) is 70.9 Å². The van der Waals surface area contributed by atoms with E-state index in [1.54, 1.807) is 0 Å². The predicted molar refractivity (Wildman–Crippen MR) is 69.1 cm³/mol. The summed E-state index contributed by atoms with van der Waals surface area (Å²) in [6.07, 6.45) is 0.283. The van der Waals surface area contributed by atoms with Gasteiger partial charge < -0.3 is 14.5 Å². The van der Waals surface area contributed by atoms with Crippen molar-refractivity contribution in [3.8, 4) is 28.8 Å². The SMILES string of the molecule is Cc1[nH]c(CC#N)nc1-c1ccc2c(c1)OCCO2. The van der Waals surface area contributed by atoms with Crippen LogP contribution >= 0.6 is 0 Å². The lowest BCUT2D eigenvalue weighted by Gasteiger charge is -2.18. The average Bonchev–Trinajstić information content (AvgIpc) is 2.79. The fourth-order valence-corrected chi connectivity index (χ4v) is 2.15. The first-order valence-corrected chi connectivity index (χ1v) is 6.10. The molecule has 1 N–H and O–H groups in total. The van der Waals surface area contributed by atoms with Gasteiger partial charge in [0.05, 0.1) is 18.2 Å². The molecule has 1 aromatic carbocycles. The number of H-pyrrole nitrogens is 1. The lowest BCUT2D eigenvalue weighted by Crippen LogP contribution is -2.15. The van der Waals surface area contributed by atoms with Crippen molar-refractivity contribution < 1.29 is 9.47 Å². The first-order valence-electron chi connectivity index (χ1n) is 6.10. The molecule has 0 atom stereocenters. The molecule has 1 aromatic heterocycles. The third-order valence-corrected chi connectivity index (χ3v) is 3.00. The van der Waals surface area contributed by atoms with Gasteiger partial charge in [0.2, 0.25) is 0 Å². The largest absolute Gasteiger partial charge is 0.486 e. The van der Waals surface area contributed by atoms with Crippen LogP contribution in [0.15, 0.2) is 18.2 Å². The van der Waals surface area contributed by atoms with E-state index < -0.39 is 0 Å². The van der Waals surface area contributed by atoms with Crippen molar-refractivity contribution in [3.63, 3.8) is 0 Å². The molecular formula is C14H13N3O2. The lowest BCUT2D eigenvalue weighted by molar-refractivity contribution is 0.171. The van der Waals surface area contributed by atoms with Crippen LogP contribution in [0.5, 0.6) is 11.5 Å². The Hall–Kier alpha value is -2.48. The Balaban J connectivity index is 2.00. The minimum atomic E-state index is 0.283. The van der Waals surface area contributed by atoms with Crippen LogP contribution in [0, 0.1) is 18.3 Å². The molecule has 0 aliphatic carbocycles. The van der Waals surface area contributed by atoms with Gasteiger partial charge in [-0.2, -0.15) is 5.26 Å². The van der Waals surface area contributed by atoms with Gasteiger partial charge in [-0.15, -0.1) is 0 Å². The third-order valence-electron chi connectivity index (χ3n) is 3.00. The van der Waals surface area contributed by atoms with E-state index in [0.29, 0.717) is 19.0 Å². The van der Waals surface area contributed by atoms with Crippen LogP contribution in [0.4, 0.5) is 0 Å². The molecule has 5 heteroatoms. The molecule has 19 heavy (non-hydrogen) atoms. The monoisotopic (exact) mass is 255 g/mol. The van der Waals surface area contributed by atoms with Crippen molar-refractivity contribution >= 4 is 0 Å². The lowest BCUT2D eigenvalue weighted by atomic mass is 10.1. The highest BCUT2D eigenvalue weighted by Crippen LogP contribution is 2.34. The van der Waals surface area contributed by atoms with Gasteiger partial charge in [0, 0.05) is 11.3 Å². The van der Waals surface area contributed by atoms with Gasteiger partial charge in [0.15, 0.2) is 11.5 Å². The molecule has 0 saturated heterocycles. The van der Waals surface area contributed by atoms with E-state index >= 15 is 0 Å². The molecule has 0 amide bonds. The van der Waals surface area contributed by atoms with Crippen molar-refractivity contribution in [2.75, 3.05) is 13.2 Å². The zero-order chi connectivity index (χ0) is 13.2. The van der Waals surface area contributed by atoms with Crippen LogP contribution in [0.2, 0.25) is 0 Å². The maximum absolute atomic E-state index is 8.70. The highest BCUT2D eigenvalue weighted by molar-refractivity contribution is 5.66. The summed E-state index contributed by atoms with van der Waals surface area (Å²) >= 11 is 0. The Morgan fingerprint density at radius 2 is 2.11 bits per heavy atom. The number of ether oxygens (including phenoxy) is 2. The zero-order valence-electron chi connectivity index (χ0n) is 10.6. The summed E-state index contributed by atoms with van der Waals surface area (Å²) < 4.78 is 11.1. The maximum Gasteiger partial charge on any atom is 0.162 e. The van der Waals surface area contributed by atoms with E-state index in [2.05, 4.69) is 16.0 Å². The fraction of sp³-hybridized carbons (Fsp3) is 0.286. The zero-order valence-corrected chi connectivity index (χ0v) is 10.6. The van der Waals surface area contributed by atoms with E-state index in [1.807, 2.05) is 25.1 Å². The average molecular weight is 255 g/mol. The molecule has 3 rings (SSSR count). The van der Waals surface area contributed by atoms with E-state index in [-0.39, 0.29) is 6.42 Å².